The molecule has 3 heteroatoms. The van der Waals surface area contributed by atoms with Crippen LogP contribution in [0.5, 0.6) is 5.75 Å². The first kappa shape index (κ1) is 13.8. The van der Waals surface area contributed by atoms with E-state index in [1.165, 1.54) is 25.7 Å². The summed E-state index contributed by atoms with van der Waals surface area (Å²) in [6.45, 7) is 4.35. The number of ether oxygens (including phenoxy) is 1. The van der Waals surface area contributed by atoms with Crippen molar-refractivity contribution in [2.45, 2.75) is 52.1 Å². The van der Waals surface area contributed by atoms with Gasteiger partial charge < -0.3 is 10.1 Å². The van der Waals surface area contributed by atoms with E-state index in [1.54, 1.807) is 12.4 Å². The summed E-state index contributed by atoms with van der Waals surface area (Å²) in [7, 11) is 1.88. The standard InChI is InChI=1S/C14H24N2O/c1-4-5-6-7-8-12(2)17-14-9-13(15-3)10-16-11-14/h9-12,15H,4-8H2,1-3H3. The molecule has 0 aliphatic rings. The normalized spacial score (nSPS) is 12.2. The number of nitrogens with one attached hydrogen (secondary N) is 1. The molecule has 1 heterocycles. The van der Waals surface area contributed by atoms with Crippen molar-refractivity contribution in [3.05, 3.63) is 18.5 Å². The van der Waals surface area contributed by atoms with E-state index < -0.39 is 0 Å². The highest BCUT2D eigenvalue weighted by atomic mass is 16.5. The Hall–Kier alpha value is -1.25. The molecule has 0 aromatic carbocycles. The number of aromatic nitrogens is 1. The number of rotatable bonds is 8. The molecule has 96 valence electrons. The Kier molecular flexibility index (Phi) is 6.45. The van der Waals surface area contributed by atoms with Gasteiger partial charge in [-0.3, -0.25) is 4.98 Å². The largest absolute Gasteiger partial charge is 0.489 e. The zero-order chi connectivity index (χ0) is 12.5. The number of pyridine rings is 1. The zero-order valence-corrected chi connectivity index (χ0v) is 11.2. The molecule has 0 saturated carbocycles. The summed E-state index contributed by atoms with van der Waals surface area (Å²) < 4.78 is 5.83. The molecule has 1 aromatic rings. The number of unbranched alkanes of at least 4 members (excludes halogenated alkanes) is 3. The SMILES string of the molecule is CCCCCCC(C)Oc1cncc(NC)c1. The average molecular weight is 236 g/mol. The second kappa shape index (κ2) is 7.93. The van der Waals surface area contributed by atoms with Crippen LogP contribution in [0.15, 0.2) is 18.5 Å². The second-order valence-electron chi connectivity index (χ2n) is 4.44. The highest BCUT2D eigenvalue weighted by molar-refractivity contribution is 5.44. The molecule has 1 unspecified atom stereocenters. The van der Waals surface area contributed by atoms with Gasteiger partial charge in [0, 0.05) is 13.1 Å². The van der Waals surface area contributed by atoms with Gasteiger partial charge in [0.25, 0.3) is 0 Å². The third-order valence-electron chi connectivity index (χ3n) is 2.80. The predicted molar refractivity (Wildman–Crippen MR) is 72.6 cm³/mol. The van der Waals surface area contributed by atoms with Crippen molar-refractivity contribution in [1.29, 1.82) is 0 Å². The lowest BCUT2D eigenvalue weighted by Crippen LogP contribution is -2.11. The molecule has 0 fully saturated rings. The highest BCUT2D eigenvalue weighted by Crippen LogP contribution is 2.18. The van der Waals surface area contributed by atoms with Crippen LogP contribution in [0.3, 0.4) is 0 Å². The Morgan fingerprint density at radius 1 is 1.29 bits per heavy atom. The van der Waals surface area contributed by atoms with Crippen molar-refractivity contribution in [3.63, 3.8) is 0 Å². The minimum atomic E-state index is 0.265. The summed E-state index contributed by atoms with van der Waals surface area (Å²) in [5.41, 5.74) is 0.987. The van der Waals surface area contributed by atoms with Crippen LogP contribution in [0.4, 0.5) is 5.69 Å². The van der Waals surface area contributed by atoms with Gasteiger partial charge in [-0.05, 0) is 19.8 Å². The predicted octanol–water partition coefficient (Wildman–Crippen LogP) is 3.86. The van der Waals surface area contributed by atoms with Crippen LogP contribution in [0.25, 0.3) is 0 Å². The molecule has 0 bridgehead atoms. The first-order valence-corrected chi connectivity index (χ1v) is 6.55. The van der Waals surface area contributed by atoms with Crippen molar-refractivity contribution in [2.24, 2.45) is 0 Å². The first-order chi connectivity index (χ1) is 8.26. The molecule has 1 rings (SSSR count). The van der Waals surface area contributed by atoms with Gasteiger partial charge in [-0.2, -0.15) is 0 Å². The van der Waals surface area contributed by atoms with Crippen LogP contribution in [-0.2, 0) is 0 Å². The maximum absolute atomic E-state index is 5.83. The van der Waals surface area contributed by atoms with Gasteiger partial charge >= 0.3 is 0 Å². The molecule has 0 saturated heterocycles. The maximum atomic E-state index is 5.83. The lowest BCUT2D eigenvalue weighted by atomic mass is 10.1. The summed E-state index contributed by atoms with van der Waals surface area (Å²) in [5.74, 6) is 0.847. The van der Waals surface area contributed by atoms with Crippen LogP contribution in [0.2, 0.25) is 0 Å². The van der Waals surface area contributed by atoms with Crippen molar-refractivity contribution in [2.75, 3.05) is 12.4 Å². The molecule has 0 spiro atoms. The molecule has 1 N–H and O–H groups in total. The second-order valence-corrected chi connectivity index (χ2v) is 4.44. The van der Waals surface area contributed by atoms with Crippen molar-refractivity contribution < 1.29 is 4.74 Å². The van der Waals surface area contributed by atoms with Gasteiger partial charge in [0.15, 0.2) is 0 Å². The molecule has 0 amide bonds. The van der Waals surface area contributed by atoms with Gasteiger partial charge in [-0.25, -0.2) is 0 Å². The lowest BCUT2D eigenvalue weighted by molar-refractivity contribution is 0.206. The van der Waals surface area contributed by atoms with Crippen LogP contribution >= 0.6 is 0 Å². The fraction of sp³-hybridized carbons (Fsp3) is 0.643. The molecule has 0 aliphatic heterocycles. The zero-order valence-electron chi connectivity index (χ0n) is 11.2. The molecule has 0 aliphatic carbocycles. The number of hydrogen-bond acceptors (Lipinski definition) is 3. The molecule has 0 radical (unpaired) electrons. The van der Waals surface area contributed by atoms with Crippen LogP contribution in [-0.4, -0.2) is 18.1 Å². The van der Waals surface area contributed by atoms with Crippen LogP contribution in [0, 0.1) is 0 Å². The summed E-state index contributed by atoms with van der Waals surface area (Å²) in [4.78, 5) is 4.13. The van der Waals surface area contributed by atoms with E-state index >= 15 is 0 Å². The molecule has 3 nitrogen and oxygen atoms in total. The van der Waals surface area contributed by atoms with E-state index in [2.05, 4.69) is 24.1 Å². The van der Waals surface area contributed by atoms with Crippen molar-refractivity contribution >= 4 is 5.69 Å². The van der Waals surface area contributed by atoms with Gasteiger partial charge in [0.2, 0.25) is 0 Å². The fourth-order valence-electron chi connectivity index (χ4n) is 1.77. The van der Waals surface area contributed by atoms with Crippen LogP contribution in [0.1, 0.15) is 46.0 Å². The molecule has 1 atom stereocenters. The number of hydrogen-bond donors (Lipinski definition) is 1. The number of nitrogens with zero attached hydrogens (tertiary/aromatic N) is 1. The van der Waals surface area contributed by atoms with Crippen molar-refractivity contribution in [3.8, 4) is 5.75 Å². The number of anilines is 1. The third-order valence-corrected chi connectivity index (χ3v) is 2.80. The minimum Gasteiger partial charge on any atom is -0.489 e. The van der Waals surface area contributed by atoms with E-state index in [9.17, 15) is 0 Å². The minimum absolute atomic E-state index is 0.265. The summed E-state index contributed by atoms with van der Waals surface area (Å²) in [6.07, 6.45) is 10.1. The fourth-order valence-corrected chi connectivity index (χ4v) is 1.77. The Balaban J connectivity index is 2.31. The lowest BCUT2D eigenvalue weighted by Gasteiger charge is -2.14. The maximum Gasteiger partial charge on any atom is 0.140 e. The third kappa shape index (κ3) is 5.57. The molecule has 17 heavy (non-hydrogen) atoms. The Bertz CT molecular complexity index is 315. The van der Waals surface area contributed by atoms with E-state index in [0.29, 0.717) is 0 Å². The van der Waals surface area contributed by atoms with E-state index in [1.807, 2.05) is 13.1 Å². The Morgan fingerprint density at radius 3 is 2.82 bits per heavy atom. The van der Waals surface area contributed by atoms with Gasteiger partial charge in [-0.1, -0.05) is 26.2 Å². The van der Waals surface area contributed by atoms with Crippen molar-refractivity contribution in [1.82, 2.24) is 4.98 Å². The summed E-state index contributed by atoms with van der Waals surface area (Å²) >= 11 is 0. The average Bonchev–Trinajstić information content (AvgIpc) is 2.35. The topological polar surface area (TPSA) is 34.1 Å². The quantitative estimate of drug-likeness (QED) is 0.696. The molecular weight excluding hydrogens is 212 g/mol. The van der Waals surface area contributed by atoms with E-state index in [4.69, 9.17) is 4.74 Å². The highest BCUT2D eigenvalue weighted by Gasteiger charge is 2.04. The van der Waals surface area contributed by atoms with E-state index in [-0.39, 0.29) is 6.10 Å². The smallest absolute Gasteiger partial charge is 0.140 e. The van der Waals surface area contributed by atoms with E-state index in [0.717, 1.165) is 17.9 Å². The van der Waals surface area contributed by atoms with Gasteiger partial charge in [0.05, 0.1) is 24.2 Å². The summed E-state index contributed by atoms with van der Waals surface area (Å²) in [5, 5.41) is 3.06. The summed E-state index contributed by atoms with van der Waals surface area (Å²) in [6, 6.07) is 1.98. The van der Waals surface area contributed by atoms with Gasteiger partial charge in [0.1, 0.15) is 5.75 Å². The first-order valence-electron chi connectivity index (χ1n) is 6.55. The Morgan fingerprint density at radius 2 is 2.12 bits per heavy atom. The monoisotopic (exact) mass is 236 g/mol. The van der Waals surface area contributed by atoms with Gasteiger partial charge in [-0.15, -0.1) is 0 Å². The molecular formula is C14H24N2O. The Labute approximate surface area is 105 Å². The molecule has 1 aromatic heterocycles. The van der Waals surface area contributed by atoms with Crippen LogP contribution < -0.4 is 10.1 Å².